The van der Waals surface area contributed by atoms with Gasteiger partial charge in [-0.1, -0.05) is 56.0 Å². The number of anilines is 1. The van der Waals surface area contributed by atoms with Crippen LogP contribution in [-0.2, 0) is 10.2 Å². The summed E-state index contributed by atoms with van der Waals surface area (Å²) in [5.41, 5.74) is 4.96. The minimum atomic E-state index is -0.411. The summed E-state index contributed by atoms with van der Waals surface area (Å²) in [5, 5.41) is 3.22. The lowest BCUT2D eigenvalue weighted by Crippen LogP contribution is -2.38. The van der Waals surface area contributed by atoms with Crippen molar-refractivity contribution in [3.05, 3.63) is 58.7 Å². The van der Waals surface area contributed by atoms with Crippen molar-refractivity contribution < 1.29 is 9.53 Å². The third kappa shape index (κ3) is 4.24. The lowest BCUT2D eigenvalue weighted by atomic mass is 9.77. The van der Waals surface area contributed by atoms with Crippen LogP contribution in [0.4, 0.5) is 5.69 Å². The molecule has 3 heteroatoms. The molecular weight excluding hydrogens is 346 g/mol. The summed E-state index contributed by atoms with van der Waals surface area (Å²) in [4.78, 5) is 13.4. The lowest BCUT2D eigenvalue weighted by molar-refractivity contribution is -0.121. The van der Waals surface area contributed by atoms with Crippen molar-refractivity contribution in [3.8, 4) is 5.75 Å². The number of hydrogen-bond donors (Lipinski definition) is 1. The number of carbonyl (C=O) groups is 1. The zero-order chi connectivity index (χ0) is 20.1. The molecule has 1 aliphatic carbocycles. The Balaban J connectivity index is 1.81. The summed E-state index contributed by atoms with van der Waals surface area (Å²) in [6.45, 7) is 9.08. The molecule has 1 fully saturated rings. The fraction of sp³-hybridized carbons (Fsp3) is 0.480. The molecule has 1 amide bonds. The SMILES string of the molecule is CCCCOc1c(C)cc(NC(=O)C2(c3ccc(C)cc3)CCCC2)cc1C. The van der Waals surface area contributed by atoms with Gasteiger partial charge in [0.1, 0.15) is 5.75 Å². The second-order valence-electron chi connectivity index (χ2n) is 8.25. The number of unbranched alkanes of at least 4 members (excludes halogenated alkanes) is 1. The number of nitrogens with one attached hydrogen (secondary N) is 1. The molecule has 150 valence electrons. The normalized spacial score (nSPS) is 15.4. The van der Waals surface area contributed by atoms with E-state index in [-0.39, 0.29) is 5.91 Å². The first kappa shape index (κ1) is 20.4. The average Bonchev–Trinajstić information content (AvgIpc) is 3.16. The van der Waals surface area contributed by atoms with E-state index in [0.29, 0.717) is 0 Å². The molecule has 1 saturated carbocycles. The summed E-state index contributed by atoms with van der Waals surface area (Å²) in [6.07, 6.45) is 6.20. The van der Waals surface area contributed by atoms with Gasteiger partial charge in [0.05, 0.1) is 12.0 Å². The lowest BCUT2D eigenvalue weighted by Gasteiger charge is -2.29. The van der Waals surface area contributed by atoms with E-state index in [4.69, 9.17) is 4.74 Å². The fourth-order valence-electron chi connectivity index (χ4n) is 4.32. The van der Waals surface area contributed by atoms with E-state index in [1.54, 1.807) is 0 Å². The minimum Gasteiger partial charge on any atom is -0.493 e. The highest BCUT2D eigenvalue weighted by atomic mass is 16.5. The van der Waals surface area contributed by atoms with Crippen LogP contribution in [0.15, 0.2) is 36.4 Å². The van der Waals surface area contributed by atoms with Gasteiger partial charge in [0.15, 0.2) is 0 Å². The molecule has 0 radical (unpaired) electrons. The van der Waals surface area contributed by atoms with Crippen LogP contribution in [0, 0.1) is 20.8 Å². The Kier molecular flexibility index (Phi) is 6.43. The Hall–Kier alpha value is -2.29. The Labute approximate surface area is 169 Å². The van der Waals surface area contributed by atoms with E-state index in [1.165, 1.54) is 5.56 Å². The minimum absolute atomic E-state index is 0.118. The first-order valence-electron chi connectivity index (χ1n) is 10.6. The quantitative estimate of drug-likeness (QED) is 0.578. The molecule has 28 heavy (non-hydrogen) atoms. The molecule has 0 unspecified atom stereocenters. The van der Waals surface area contributed by atoms with Gasteiger partial charge in [-0.05, 0) is 68.9 Å². The zero-order valence-electron chi connectivity index (χ0n) is 17.7. The topological polar surface area (TPSA) is 38.3 Å². The van der Waals surface area contributed by atoms with Crippen LogP contribution in [0.5, 0.6) is 5.75 Å². The molecule has 3 nitrogen and oxygen atoms in total. The van der Waals surface area contributed by atoms with Gasteiger partial charge in [-0.2, -0.15) is 0 Å². The summed E-state index contributed by atoms with van der Waals surface area (Å²) in [6, 6.07) is 12.5. The standard InChI is InChI=1S/C25H33NO2/c1-5-6-15-28-23-19(3)16-22(17-20(23)4)26-24(27)25(13-7-8-14-25)21-11-9-18(2)10-12-21/h9-12,16-17H,5-8,13-15H2,1-4H3,(H,26,27). The number of amides is 1. The van der Waals surface area contributed by atoms with Crippen LogP contribution in [0.25, 0.3) is 0 Å². The van der Waals surface area contributed by atoms with Gasteiger partial charge >= 0.3 is 0 Å². The van der Waals surface area contributed by atoms with Crippen LogP contribution in [-0.4, -0.2) is 12.5 Å². The first-order valence-corrected chi connectivity index (χ1v) is 10.6. The largest absolute Gasteiger partial charge is 0.493 e. The Morgan fingerprint density at radius 2 is 1.64 bits per heavy atom. The molecule has 0 bridgehead atoms. The second kappa shape index (κ2) is 8.81. The Morgan fingerprint density at radius 1 is 1.04 bits per heavy atom. The van der Waals surface area contributed by atoms with Gasteiger partial charge in [-0.15, -0.1) is 0 Å². The molecule has 2 aromatic rings. The molecule has 0 saturated heterocycles. The van der Waals surface area contributed by atoms with Gasteiger partial charge in [-0.25, -0.2) is 0 Å². The molecule has 1 N–H and O–H groups in total. The van der Waals surface area contributed by atoms with Crippen LogP contribution >= 0.6 is 0 Å². The van der Waals surface area contributed by atoms with Gasteiger partial charge in [-0.3, -0.25) is 4.79 Å². The number of aryl methyl sites for hydroxylation is 3. The maximum absolute atomic E-state index is 13.4. The number of carbonyl (C=O) groups excluding carboxylic acids is 1. The van der Waals surface area contributed by atoms with Crippen LogP contribution in [0.3, 0.4) is 0 Å². The fourth-order valence-corrected chi connectivity index (χ4v) is 4.32. The third-order valence-corrected chi connectivity index (χ3v) is 5.96. The molecule has 0 aromatic heterocycles. The molecule has 1 aliphatic rings. The van der Waals surface area contributed by atoms with E-state index in [1.807, 2.05) is 12.1 Å². The molecule has 0 atom stereocenters. The molecule has 0 heterocycles. The maximum atomic E-state index is 13.4. The molecule has 0 aliphatic heterocycles. The van der Waals surface area contributed by atoms with Gasteiger partial charge in [0.25, 0.3) is 0 Å². The Morgan fingerprint density at radius 3 is 2.21 bits per heavy atom. The highest BCUT2D eigenvalue weighted by Gasteiger charge is 2.42. The van der Waals surface area contributed by atoms with Crippen LogP contribution in [0.2, 0.25) is 0 Å². The van der Waals surface area contributed by atoms with Gasteiger partial charge < -0.3 is 10.1 Å². The highest BCUT2D eigenvalue weighted by molar-refractivity contribution is 5.99. The van der Waals surface area contributed by atoms with Crippen molar-refractivity contribution in [2.24, 2.45) is 0 Å². The van der Waals surface area contributed by atoms with Crippen molar-refractivity contribution >= 4 is 11.6 Å². The maximum Gasteiger partial charge on any atom is 0.235 e. The zero-order valence-corrected chi connectivity index (χ0v) is 17.7. The number of hydrogen-bond acceptors (Lipinski definition) is 2. The molecule has 0 spiro atoms. The van der Waals surface area contributed by atoms with Crippen molar-refractivity contribution in [1.29, 1.82) is 0 Å². The molecule has 2 aromatic carbocycles. The van der Waals surface area contributed by atoms with Crippen LogP contribution < -0.4 is 10.1 Å². The van der Waals surface area contributed by atoms with E-state index < -0.39 is 5.41 Å². The third-order valence-electron chi connectivity index (χ3n) is 5.96. The summed E-state index contributed by atoms with van der Waals surface area (Å²) in [5.74, 6) is 1.06. The predicted octanol–water partition coefficient (Wildman–Crippen LogP) is 6.24. The second-order valence-corrected chi connectivity index (χ2v) is 8.25. The monoisotopic (exact) mass is 379 g/mol. The summed E-state index contributed by atoms with van der Waals surface area (Å²) >= 11 is 0. The smallest absolute Gasteiger partial charge is 0.235 e. The molecule has 3 rings (SSSR count). The van der Waals surface area contributed by atoms with E-state index in [9.17, 15) is 4.79 Å². The van der Waals surface area contributed by atoms with Crippen LogP contribution in [0.1, 0.15) is 67.7 Å². The van der Waals surface area contributed by atoms with Crippen molar-refractivity contribution in [1.82, 2.24) is 0 Å². The van der Waals surface area contributed by atoms with E-state index >= 15 is 0 Å². The van der Waals surface area contributed by atoms with Crippen molar-refractivity contribution in [2.75, 3.05) is 11.9 Å². The number of rotatable bonds is 7. The number of ether oxygens (including phenoxy) is 1. The Bertz CT molecular complexity index is 794. The van der Waals surface area contributed by atoms with Crippen molar-refractivity contribution in [2.45, 2.75) is 71.6 Å². The number of benzene rings is 2. The van der Waals surface area contributed by atoms with E-state index in [0.717, 1.165) is 73.3 Å². The highest BCUT2D eigenvalue weighted by Crippen LogP contribution is 2.42. The van der Waals surface area contributed by atoms with Gasteiger partial charge in [0.2, 0.25) is 5.91 Å². The van der Waals surface area contributed by atoms with Crippen molar-refractivity contribution in [3.63, 3.8) is 0 Å². The van der Waals surface area contributed by atoms with E-state index in [2.05, 4.69) is 57.3 Å². The summed E-state index contributed by atoms with van der Waals surface area (Å²) in [7, 11) is 0. The average molecular weight is 380 g/mol. The predicted molar refractivity (Wildman–Crippen MR) is 116 cm³/mol. The van der Waals surface area contributed by atoms with Gasteiger partial charge in [0, 0.05) is 5.69 Å². The summed E-state index contributed by atoms with van der Waals surface area (Å²) < 4.78 is 5.96. The molecular formula is C25H33NO2. The first-order chi connectivity index (χ1) is 13.5.